The van der Waals surface area contributed by atoms with Crippen molar-refractivity contribution in [2.45, 2.75) is 83.7 Å². The van der Waals surface area contributed by atoms with Gasteiger partial charge in [-0.05, 0) is 44.3 Å². The molecule has 1 unspecified atom stereocenters. The highest BCUT2D eigenvalue weighted by atomic mass is 28.4. The monoisotopic (exact) mass is 565 g/mol. The Morgan fingerprint density at radius 1 is 1.08 bits per heavy atom. The molecule has 1 saturated heterocycles. The molecule has 2 amide bonds. The van der Waals surface area contributed by atoms with Crippen LogP contribution >= 0.6 is 0 Å². The zero-order valence-electron chi connectivity index (χ0n) is 24.0. The number of hydrogen-bond donors (Lipinski definition) is 0. The number of carbonyl (C=O) groups is 5. The Kier molecular flexibility index (Phi) is 11.2. The average molecular weight is 566 g/mol. The molecule has 1 aliphatic heterocycles. The minimum atomic E-state index is -1.99. The number of Topliss-reactive ketones (excluding diaryl/α,β-unsaturated/α-hetero) is 1. The van der Waals surface area contributed by atoms with Crippen LogP contribution in [0, 0.1) is 17.8 Å². The molecule has 0 aromatic heterocycles. The summed E-state index contributed by atoms with van der Waals surface area (Å²) in [4.78, 5) is 64.9. The summed E-state index contributed by atoms with van der Waals surface area (Å²) < 4.78 is 21.3. The topological polar surface area (TPSA) is 126 Å². The molecule has 0 bridgehead atoms. The van der Waals surface area contributed by atoms with Gasteiger partial charge in [-0.15, -0.1) is 0 Å². The van der Waals surface area contributed by atoms with Crippen molar-refractivity contribution in [3.63, 3.8) is 0 Å². The van der Waals surface area contributed by atoms with Crippen LogP contribution in [0.25, 0.3) is 0 Å². The fourth-order valence-corrected chi connectivity index (χ4v) is 5.89. The van der Waals surface area contributed by atoms with E-state index >= 15 is 0 Å². The van der Waals surface area contributed by atoms with Crippen LogP contribution < -0.4 is 0 Å². The summed E-state index contributed by atoms with van der Waals surface area (Å²) in [5.41, 5.74) is 0. The van der Waals surface area contributed by atoms with E-state index < -0.39 is 56.2 Å². The van der Waals surface area contributed by atoms with Crippen LogP contribution in [-0.4, -0.2) is 74.9 Å². The SMILES string of the molecule is C=CCOC(=O)O[C@H](C)[C@H]1C(=O)N(C(=O)C(=O)OCC=C)[C@@H]1[C@@H]1CCCC(CCO[Si](C)(C)C(C)(C)C)C1=O. The number of amides is 2. The van der Waals surface area contributed by atoms with Crippen molar-refractivity contribution >= 4 is 38.0 Å². The van der Waals surface area contributed by atoms with Gasteiger partial charge in [-0.25, -0.2) is 9.59 Å². The Balaban J connectivity index is 2.24. The number of imide groups is 1. The van der Waals surface area contributed by atoms with Gasteiger partial charge in [0.1, 0.15) is 25.1 Å². The largest absolute Gasteiger partial charge is 0.508 e. The van der Waals surface area contributed by atoms with Gasteiger partial charge in [-0.1, -0.05) is 52.5 Å². The van der Waals surface area contributed by atoms with E-state index in [1.165, 1.54) is 19.1 Å². The van der Waals surface area contributed by atoms with Crippen LogP contribution in [0.1, 0.15) is 53.4 Å². The molecule has 1 heterocycles. The maximum absolute atomic E-state index is 13.7. The maximum atomic E-state index is 13.7. The second-order valence-corrected chi connectivity index (χ2v) is 16.4. The van der Waals surface area contributed by atoms with Gasteiger partial charge in [0.2, 0.25) is 5.91 Å². The van der Waals surface area contributed by atoms with Gasteiger partial charge in [0.05, 0.1) is 12.0 Å². The van der Waals surface area contributed by atoms with E-state index in [-0.39, 0.29) is 30.0 Å². The molecule has 0 N–H and O–H groups in total. The van der Waals surface area contributed by atoms with Crippen LogP contribution in [0.3, 0.4) is 0 Å². The number of hydrogen-bond acceptors (Lipinski definition) is 9. The number of ketones is 1. The van der Waals surface area contributed by atoms with Crippen LogP contribution in [0.2, 0.25) is 18.1 Å². The summed E-state index contributed by atoms with van der Waals surface area (Å²) >= 11 is 0. The summed E-state index contributed by atoms with van der Waals surface area (Å²) in [5, 5.41) is 0.0374. The third kappa shape index (κ3) is 7.66. The number of nitrogens with zero attached hydrogens (tertiary/aromatic N) is 1. The summed E-state index contributed by atoms with van der Waals surface area (Å²) in [7, 11) is -1.99. The van der Waals surface area contributed by atoms with E-state index in [1.54, 1.807) is 0 Å². The van der Waals surface area contributed by atoms with E-state index in [0.29, 0.717) is 32.3 Å². The molecular formula is C28H43NO9Si. The summed E-state index contributed by atoms with van der Waals surface area (Å²) in [6.07, 6.45) is 3.02. The van der Waals surface area contributed by atoms with Gasteiger partial charge in [-0.3, -0.25) is 19.3 Å². The molecule has 218 valence electrons. The first-order valence-electron chi connectivity index (χ1n) is 13.4. The van der Waals surface area contributed by atoms with E-state index in [9.17, 15) is 24.0 Å². The number of esters is 1. The number of ether oxygens (including phenoxy) is 3. The highest BCUT2D eigenvalue weighted by molar-refractivity contribution is 6.74. The van der Waals surface area contributed by atoms with Gasteiger partial charge < -0.3 is 18.6 Å². The molecule has 11 heteroatoms. The highest BCUT2D eigenvalue weighted by Gasteiger charge is 2.60. The Morgan fingerprint density at radius 2 is 1.69 bits per heavy atom. The zero-order valence-corrected chi connectivity index (χ0v) is 25.0. The Labute approximate surface area is 232 Å². The van der Waals surface area contributed by atoms with Crippen molar-refractivity contribution in [1.82, 2.24) is 4.90 Å². The van der Waals surface area contributed by atoms with E-state index in [4.69, 9.17) is 18.6 Å². The molecule has 1 saturated carbocycles. The van der Waals surface area contributed by atoms with Crippen molar-refractivity contribution in [3.05, 3.63) is 25.3 Å². The summed E-state index contributed by atoms with van der Waals surface area (Å²) in [6, 6.07) is -0.944. The molecule has 2 fully saturated rings. The lowest BCUT2D eigenvalue weighted by Crippen LogP contribution is -2.71. The zero-order chi connectivity index (χ0) is 29.5. The molecule has 0 radical (unpaired) electrons. The third-order valence-electron chi connectivity index (χ3n) is 8.00. The molecule has 10 nitrogen and oxygen atoms in total. The highest BCUT2D eigenvalue weighted by Crippen LogP contribution is 2.43. The van der Waals surface area contributed by atoms with Gasteiger partial charge in [0.15, 0.2) is 8.32 Å². The Hall–Kier alpha value is -2.79. The van der Waals surface area contributed by atoms with Crippen molar-refractivity contribution in [3.8, 4) is 0 Å². The Morgan fingerprint density at radius 3 is 2.28 bits per heavy atom. The van der Waals surface area contributed by atoms with Crippen LogP contribution in [0.4, 0.5) is 4.79 Å². The molecule has 39 heavy (non-hydrogen) atoms. The normalized spacial score (nSPS) is 24.3. The molecule has 0 aromatic carbocycles. The standard InChI is InChI=1S/C28H43NO9Si/c1-9-15-35-26(33)25(32)29-22(21(24(29)31)18(3)38-27(34)36-16-10-2)20-13-11-12-19(23(20)30)14-17-37-39(7,8)28(4,5)6/h9-10,18-22H,1-2,11-17H2,3-8H3/t18-,19?,20+,21-,22-/m1/s1. The van der Waals surface area contributed by atoms with Gasteiger partial charge in [0, 0.05) is 18.4 Å². The minimum Gasteiger partial charge on any atom is -0.454 e. The Bertz CT molecular complexity index is 971. The molecule has 1 aliphatic carbocycles. The second-order valence-electron chi connectivity index (χ2n) is 11.6. The number of likely N-dealkylation sites (tertiary alicyclic amines) is 1. The molecule has 0 spiro atoms. The van der Waals surface area contributed by atoms with Gasteiger partial charge in [-0.2, -0.15) is 0 Å². The van der Waals surface area contributed by atoms with Crippen molar-refractivity contribution in [1.29, 1.82) is 0 Å². The lowest BCUT2D eigenvalue weighted by atomic mass is 9.67. The van der Waals surface area contributed by atoms with Crippen LogP contribution in [-0.2, 0) is 37.8 Å². The lowest BCUT2D eigenvalue weighted by Gasteiger charge is -2.51. The third-order valence-corrected chi connectivity index (χ3v) is 12.5. The first-order chi connectivity index (χ1) is 18.2. The first kappa shape index (κ1) is 32.4. The van der Waals surface area contributed by atoms with Crippen LogP contribution in [0.5, 0.6) is 0 Å². The molecule has 0 aromatic rings. The quantitative estimate of drug-likeness (QED) is 0.119. The maximum Gasteiger partial charge on any atom is 0.508 e. The van der Waals surface area contributed by atoms with Crippen molar-refractivity contribution in [2.24, 2.45) is 17.8 Å². The predicted octanol–water partition coefficient (Wildman–Crippen LogP) is 4.19. The molecule has 2 aliphatic rings. The van der Waals surface area contributed by atoms with Gasteiger partial charge in [0.25, 0.3) is 0 Å². The summed E-state index contributed by atoms with van der Waals surface area (Å²) in [5.74, 6) is -5.15. The van der Waals surface area contributed by atoms with Gasteiger partial charge >= 0.3 is 18.0 Å². The first-order valence-corrected chi connectivity index (χ1v) is 16.4. The van der Waals surface area contributed by atoms with E-state index in [0.717, 1.165) is 4.90 Å². The predicted molar refractivity (Wildman–Crippen MR) is 146 cm³/mol. The molecular weight excluding hydrogens is 522 g/mol. The molecule has 5 atom stereocenters. The second kappa shape index (κ2) is 13.5. The van der Waals surface area contributed by atoms with Crippen molar-refractivity contribution in [2.75, 3.05) is 19.8 Å². The molecule has 2 rings (SSSR count). The number of β-lactam (4-membered cyclic amide) rings is 1. The summed E-state index contributed by atoms with van der Waals surface area (Å²) in [6.45, 7) is 19.3. The fourth-order valence-electron chi connectivity index (χ4n) is 4.83. The van der Waals surface area contributed by atoms with Crippen LogP contribution in [0.15, 0.2) is 25.3 Å². The van der Waals surface area contributed by atoms with E-state index in [2.05, 4.69) is 47.0 Å². The lowest BCUT2D eigenvalue weighted by molar-refractivity contribution is -0.185. The minimum absolute atomic E-state index is 0.0374. The van der Waals surface area contributed by atoms with Crippen molar-refractivity contribution < 1.29 is 42.6 Å². The number of carbonyl (C=O) groups excluding carboxylic acids is 5. The number of rotatable bonds is 11. The average Bonchev–Trinajstić information content (AvgIpc) is 2.84. The fraction of sp³-hybridized carbons (Fsp3) is 0.679. The smallest absolute Gasteiger partial charge is 0.454 e. The van der Waals surface area contributed by atoms with E-state index in [1.807, 2.05) is 0 Å².